The fraction of sp³-hybridized carbons (Fsp3) is 0.204. The van der Waals surface area contributed by atoms with E-state index in [1.807, 2.05) is 42.5 Å². The SMILES string of the molecule is FC(F)(F)c1cc([B-](c2cc(C(F)(F)F)cc(C(F)(F)F)c2)(c2cc(C(F)(F)F)cc(C(F)(F)F)c2)c2cc(C(F)(F)F)cc(C(F)(F)F)c2)cc(C(F)(F)F)c1.[N-]=[N+]=NCOc1ccc2ccccc2[n+]1Cc1ccccc1. The Morgan fingerprint density at radius 2 is 0.671 bits per heavy atom. The van der Waals surface area contributed by atoms with Crippen LogP contribution >= 0.6 is 0 Å². The molecule has 0 saturated heterocycles. The Kier molecular flexibility index (Phi) is 16.4. The predicted molar refractivity (Wildman–Crippen MR) is 234 cm³/mol. The first kappa shape index (κ1) is 60.5. The van der Waals surface area contributed by atoms with Gasteiger partial charge in [0.25, 0.3) is 0 Å². The number of azide groups is 1. The highest BCUT2D eigenvalue weighted by molar-refractivity contribution is 7.20. The second-order valence-corrected chi connectivity index (χ2v) is 17.0. The number of pyridine rings is 1. The summed E-state index contributed by atoms with van der Waals surface area (Å²) in [6.07, 6.45) is -54.8. The number of alkyl halides is 24. The van der Waals surface area contributed by atoms with Gasteiger partial charge in [0.1, 0.15) is 6.15 Å². The second kappa shape index (κ2) is 21.5. The van der Waals surface area contributed by atoms with Crippen LogP contribution in [0.25, 0.3) is 21.3 Å². The number of ether oxygens (including phenoxy) is 1. The largest absolute Gasteiger partial charge is 0.438 e. The van der Waals surface area contributed by atoms with E-state index in [1.165, 1.54) is 5.56 Å². The molecule has 5 nitrogen and oxygen atoms in total. The van der Waals surface area contributed by atoms with Gasteiger partial charge in [-0.15, -0.1) is 0 Å². The van der Waals surface area contributed by atoms with Crippen LogP contribution in [0.5, 0.6) is 5.88 Å². The van der Waals surface area contributed by atoms with Crippen LogP contribution in [0.4, 0.5) is 105 Å². The van der Waals surface area contributed by atoms with Crippen molar-refractivity contribution in [3.63, 3.8) is 0 Å². The van der Waals surface area contributed by atoms with Gasteiger partial charge in [-0.05, 0) is 41.9 Å². The van der Waals surface area contributed by atoms with E-state index in [4.69, 9.17) is 10.3 Å². The van der Waals surface area contributed by atoms with Crippen molar-refractivity contribution in [1.82, 2.24) is 0 Å². The van der Waals surface area contributed by atoms with Gasteiger partial charge in [0.15, 0.2) is 13.3 Å². The highest BCUT2D eigenvalue weighted by atomic mass is 19.4. The monoisotopic (exact) mass is 1150 g/mol. The van der Waals surface area contributed by atoms with Crippen molar-refractivity contribution in [2.45, 2.75) is 56.0 Å². The van der Waals surface area contributed by atoms with Gasteiger partial charge >= 0.3 is 55.3 Å². The molecule has 0 aliphatic carbocycles. The van der Waals surface area contributed by atoms with E-state index >= 15 is 0 Å². The highest BCUT2D eigenvalue weighted by Crippen LogP contribution is 2.41. The van der Waals surface area contributed by atoms with Crippen molar-refractivity contribution in [3.05, 3.63) is 200 Å². The lowest BCUT2D eigenvalue weighted by Crippen LogP contribution is -2.75. The molecule has 0 radical (unpaired) electrons. The van der Waals surface area contributed by atoms with E-state index in [9.17, 15) is 105 Å². The maximum Gasteiger partial charge on any atom is 0.416 e. The van der Waals surface area contributed by atoms with E-state index in [1.54, 1.807) is 0 Å². The molecule has 0 aliphatic heterocycles. The van der Waals surface area contributed by atoms with Gasteiger partial charge in [-0.25, -0.2) is 0 Å². The minimum absolute atomic E-state index is 0.0242. The van der Waals surface area contributed by atoms with Crippen LogP contribution in [-0.2, 0) is 56.0 Å². The normalized spacial score (nSPS) is 13.2. The lowest BCUT2D eigenvalue weighted by Gasteiger charge is -2.46. The number of benzene rings is 6. The first-order chi connectivity index (χ1) is 36.1. The topological polar surface area (TPSA) is 61.9 Å². The number of hydrogen-bond acceptors (Lipinski definition) is 2. The zero-order valence-corrected chi connectivity index (χ0v) is 38.5. The maximum atomic E-state index is 14.2. The van der Waals surface area contributed by atoms with Gasteiger partial charge in [0.2, 0.25) is 5.52 Å². The zero-order chi connectivity index (χ0) is 59.1. The molecule has 79 heavy (non-hydrogen) atoms. The summed E-state index contributed by atoms with van der Waals surface area (Å²) in [5, 5.41) is 4.57. The Morgan fingerprint density at radius 1 is 0.380 bits per heavy atom. The number of nitrogens with zero attached hydrogens (tertiary/aromatic N) is 4. The zero-order valence-electron chi connectivity index (χ0n) is 38.5. The fourth-order valence-electron chi connectivity index (χ4n) is 8.49. The minimum atomic E-state index is -6.13. The van der Waals surface area contributed by atoms with Crippen molar-refractivity contribution in [2.24, 2.45) is 5.11 Å². The van der Waals surface area contributed by atoms with E-state index < -0.39 is 195 Å². The van der Waals surface area contributed by atoms with Crippen molar-refractivity contribution >= 4 is 38.9 Å². The van der Waals surface area contributed by atoms with Crippen molar-refractivity contribution in [1.29, 1.82) is 0 Å². The van der Waals surface area contributed by atoms with Gasteiger partial charge in [-0.1, -0.05) is 96.1 Å². The number of aromatic nitrogens is 1. The molecular weight excluding hydrogens is 1130 g/mol. The Balaban J connectivity index is 0.000000378. The van der Waals surface area contributed by atoms with E-state index in [-0.39, 0.29) is 6.73 Å². The third kappa shape index (κ3) is 13.9. The van der Waals surface area contributed by atoms with E-state index in [2.05, 4.69) is 38.9 Å². The Labute approximate surface area is 426 Å². The Hall–Kier alpha value is -7.78. The van der Waals surface area contributed by atoms with Gasteiger partial charge in [-0.2, -0.15) is 132 Å². The average Bonchev–Trinajstić information content (AvgIpc) is 3.54. The number of halogens is 24. The number of hydrogen-bond donors (Lipinski definition) is 0. The summed E-state index contributed by atoms with van der Waals surface area (Å²) >= 11 is 0. The lowest BCUT2D eigenvalue weighted by molar-refractivity contribution is -0.668. The minimum Gasteiger partial charge on any atom is -0.438 e. The Morgan fingerprint density at radius 3 is 0.962 bits per heavy atom. The molecule has 0 N–H and O–H groups in total. The molecule has 1 aromatic heterocycles. The molecule has 1 heterocycles. The summed E-state index contributed by atoms with van der Waals surface area (Å²) in [5.74, 6) is 0.676. The molecule has 7 aromatic rings. The molecule has 0 unspecified atom stereocenters. The van der Waals surface area contributed by atoms with Crippen LogP contribution in [0.2, 0.25) is 0 Å². The first-order valence-electron chi connectivity index (χ1n) is 21.6. The first-order valence-corrected chi connectivity index (χ1v) is 21.6. The van der Waals surface area contributed by atoms with Crippen LogP contribution < -0.4 is 31.2 Å². The fourth-order valence-corrected chi connectivity index (χ4v) is 8.49. The summed E-state index contributed by atoms with van der Waals surface area (Å²) in [4.78, 5) is 2.72. The molecule has 0 spiro atoms. The molecule has 0 bridgehead atoms. The van der Waals surface area contributed by atoms with Crippen LogP contribution in [0.3, 0.4) is 0 Å². The van der Waals surface area contributed by atoms with Gasteiger partial charge in [-0.3, -0.25) is 0 Å². The van der Waals surface area contributed by atoms with Crippen LogP contribution in [0.15, 0.2) is 145 Å². The van der Waals surface area contributed by atoms with Crippen molar-refractivity contribution in [3.8, 4) is 5.88 Å². The summed E-state index contributed by atoms with van der Waals surface area (Å²) in [7, 11) is 0. The summed E-state index contributed by atoms with van der Waals surface area (Å²) in [5.41, 5.74) is -19.6. The molecule has 7 rings (SSSR count). The van der Waals surface area contributed by atoms with Crippen LogP contribution in [0.1, 0.15) is 50.1 Å². The third-order valence-corrected chi connectivity index (χ3v) is 11.9. The third-order valence-electron chi connectivity index (χ3n) is 11.9. The average molecular weight is 1150 g/mol. The molecule has 420 valence electrons. The van der Waals surface area contributed by atoms with Crippen LogP contribution in [-0.4, -0.2) is 12.9 Å². The molecule has 6 aromatic carbocycles. The highest BCUT2D eigenvalue weighted by Gasteiger charge is 2.47. The number of rotatable bonds is 9. The molecule has 30 heteroatoms. The molecule has 0 saturated carbocycles. The molecule has 0 fully saturated rings. The predicted octanol–water partition coefficient (Wildman–Crippen LogP) is 15.0. The number of para-hydroxylation sites is 1. The van der Waals surface area contributed by atoms with Gasteiger partial charge in [0.05, 0.1) is 50.6 Å². The summed E-state index contributed by atoms with van der Waals surface area (Å²) in [6, 6.07) is 13.4. The Bertz CT molecular complexity index is 2950. The van der Waals surface area contributed by atoms with E-state index in [0.29, 0.717) is 12.4 Å². The van der Waals surface area contributed by atoms with Crippen molar-refractivity contribution in [2.75, 3.05) is 6.73 Å². The maximum absolute atomic E-state index is 14.2. The summed E-state index contributed by atoms with van der Waals surface area (Å²) in [6.45, 7) is 0.664. The molecular formula is C49H27BF24N4O. The molecule has 0 aliphatic rings. The molecule has 0 amide bonds. The van der Waals surface area contributed by atoms with Crippen LogP contribution in [0, 0.1) is 0 Å². The quantitative estimate of drug-likeness (QED) is 0.0355. The summed E-state index contributed by atoms with van der Waals surface area (Å²) < 4.78 is 349. The smallest absolute Gasteiger partial charge is 0.416 e. The second-order valence-electron chi connectivity index (χ2n) is 17.0. The number of fused-ring (bicyclic) bond motifs is 1. The molecule has 0 atom stereocenters. The van der Waals surface area contributed by atoms with Crippen molar-refractivity contribution < 1.29 is 115 Å². The van der Waals surface area contributed by atoms with E-state index in [0.717, 1.165) is 10.9 Å². The lowest BCUT2D eigenvalue weighted by atomic mass is 9.12. The van der Waals surface area contributed by atoms with Gasteiger partial charge in [0, 0.05) is 21.9 Å². The van der Waals surface area contributed by atoms with Gasteiger partial charge < -0.3 is 4.74 Å². The standard InChI is InChI=1S/C32H12BF24.C17H15N4O/c34-25(35,36)13-1-14(26(37,38)39)6-21(5-13)33(22-7-15(27(40,41)42)2-16(8-22)28(43,44)45,23-9-17(29(46,47)48)3-18(10-23)30(49,50)51)24-11-19(31(52,53)54)4-20(12-24)32(55,56)57;18-20-19-13-22-17-11-10-15-8-4-5-9-16(15)21(17)12-14-6-2-1-3-7-14/h1-12H;1-11H,12-13H2/q-1;+1.